The number of rotatable bonds is 5. The number of hydrogen-bond acceptors (Lipinski definition) is 5. The third-order valence-electron chi connectivity index (χ3n) is 5.63. The van der Waals surface area contributed by atoms with E-state index in [4.69, 9.17) is 4.98 Å². The summed E-state index contributed by atoms with van der Waals surface area (Å²) in [7, 11) is 0. The van der Waals surface area contributed by atoms with Crippen LogP contribution in [-0.2, 0) is 9.59 Å². The molecule has 3 aromatic carbocycles. The minimum absolute atomic E-state index is 0.0567. The summed E-state index contributed by atoms with van der Waals surface area (Å²) >= 11 is 1.18. The van der Waals surface area contributed by atoms with Crippen molar-refractivity contribution < 1.29 is 9.59 Å². The van der Waals surface area contributed by atoms with Gasteiger partial charge in [0.05, 0.1) is 22.2 Å². The van der Waals surface area contributed by atoms with Gasteiger partial charge in [0.1, 0.15) is 11.1 Å². The number of para-hydroxylation sites is 1. The van der Waals surface area contributed by atoms with Crippen molar-refractivity contribution in [2.24, 2.45) is 0 Å². The molecule has 0 spiro atoms. The number of benzene rings is 3. The molecule has 0 N–H and O–H groups in total. The molecule has 2 heterocycles. The number of carbonyl (C=O) groups excluding carboxylic acids is 2. The summed E-state index contributed by atoms with van der Waals surface area (Å²) in [4.78, 5) is 31.9. The number of nitrogens with zero attached hydrogens (tertiary/aromatic N) is 3. The minimum Gasteiger partial charge on any atom is -0.274 e. The van der Waals surface area contributed by atoms with Crippen molar-refractivity contribution in [3.05, 3.63) is 103 Å². The van der Waals surface area contributed by atoms with E-state index in [0.717, 1.165) is 16.7 Å². The van der Waals surface area contributed by atoms with Crippen LogP contribution in [0.3, 0.4) is 0 Å². The van der Waals surface area contributed by atoms with Crippen molar-refractivity contribution in [1.82, 2.24) is 4.98 Å². The fraction of sp³-hybridized carbons (Fsp3) is 0.0714. The number of anilines is 1. The smallest absolute Gasteiger partial charge is 0.247 e. The van der Waals surface area contributed by atoms with Gasteiger partial charge in [0.25, 0.3) is 0 Å². The highest BCUT2D eigenvalue weighted by Crippen LogP contribution is 2.39. The normalized spacial score (nSPS) is 15.4. The monoisotopic (exact) mass is 461 g/mol. The van der Waals surface area contributed by atoms with Crippen LogP contribution in [0.25, 0.3) is 22.4 Å². The molecule has 0 aliphatic carbocycles. The van der Waals surface area contributed by atoms with Gasteiger partial charge in [-0.1, -0.05) is 90.6 Å². The highest BCUT2D eigenvalue weighted by Gasteiger charge is 2.41. The molecule has 6 heteroatoms. The van der Waals surface area contributed by atoms with Gasteiger partial charge in [0, 0.05) is 17.5 Å². The first-order valence-electron chi connectivity index (χ1n) is 10.8. The summed E-state index contributed by atoms with van der Waals surface area (Å²) in [5.41, 5.74) is 4.20. The first-order chi connectivity index (χ1) is 16.7. The number of aromatic nitrogens is 1. The van der Waals surface area contributed by atoms with E-state index in [1.54, 1.807) is 24.3 Å². The second-order valence-corrected chi connectivity index (χ2v) is 8.98. The van der Waals surface area contributed by atoms with Crippen LogP contribution in [0.5, 0.6) is 0 Å². The Morgan fingerprint density at radius 1 is 0.853 bits per heavy atom. The number of thioether (sulfide) groups is 1. The second kappa shape index (κ2) is 9.34. The molecule has 1 saturated heterocycles. The van der Waals surface area contributed by atoms with Crippen LogP contribution >= 0.6 is 11.8 Å². The number of pyridine rings is 1. The van der Waals surface area contributed by atoms with Crippen molar-refractivity contribution in [2.75, 3.05) is 4.90 Å². The number of hydrogen-bond donors (Lipinski definition) is 0. The van der Waals surface area contributed by atoms with Gasteiger partial charge in [-0.2, -0.15) is 5.26 Å². The lowest BCUT2D eigenvalue weighted by molar-refractivity contribution is -0.121. The lowest BCUT2D eigenvalue weighted by Gasteiger charge is -2.16. The van der Waals surface area contributed by atoms with E-state index in [1.165, 1.54) is 16.7 Å². The predicted octanol–water partition coefficient (Wildman–Crippen LogP) is 5.71. The topological polar surface area (TPSA) is 74.1 Å². The summed E-state index contributed by atoms with van der Waals surface area (Å²) in [6.07, 6.45) is 0.0567. The number of carbonyl (C=O) groups is 2. The third-order valence-corrected chi connectivity index (χ3v) is 6.80. The van der Waals surface area contributed by atoms with Gasteiger partial charge in [0.15, 0.2) is 0 Å². The van der Waals surface area contributed by atoms with Crippen LogP contribution in [-0.4, -0.2) is 22.0 Å². The average molecular weight is 462 g/mol. The van der Waals surface area contributed by atoms with Crippen molar-refractivity contribution in [1.29, 1.82) is 5.26 Å². The van der Waals surface area contributed by atoms with E-state index in [2.05, 4.69) is 6.07 Å². The summed E-state index contributed by atoms with van der Waals surface area (Å²) < 4.78 is 0. The van der Waals surface area contributed by atoms with Crippen molar-refractivity contribution in [2.45, 2.75) is 16.7 Å². The Kier molecular flexibility index (Phi) is 5.94. The molecule has 4 aromatic rings. The van der Waals surface area contributed by atoms with Gasteiger partial charge in [-0.05, 0) is 23.8 Å². The van der Waals surface area contributed by atoms with Gasteiger partial charge in [-0.15, -0.1) is 0 Å². The maximum atomic E-state index is 13.2. The van der Waals surface area contributed by atoms with E-state index < -0.39 is 5.25 Å². The van der Waals surface area contributed by atoms with E-state index in [-0.39, 0.29) is 18.2 Å². The van der Waals surface area contributed by atoms with Gasteiger partial charge < -0.3 is 0 Å². The van der Waals surface area contributed by atoms with E-state index >= 15 is 0 Å². The molecule has 1 atom stereocenters. The standard InChI is InChI=1S/C28H19N3O2S/c29-18-23-22(19-10-4-1-5-11-19)16-24(20-12-6-2-7-13-20)30-27(23)34-25-17-26(32)31(28(25)33)21-14-8-3-9-15-21/h1-16,25H,17H2. The quantitative estimate of drug-likeness (QED) is 0.356. The van der Waals surface area contributed by atoms with Crippen LogP contribution in [0.4, 0.5) is 5.69 Å². The molecular weight excluding hydrogens is 442 g/mol. The molecule has 2 amide bonds. The Morgan fingerprint density at radius 3 is 2.06 bits per heavy atom. The Morgan fingerprint density at radius 2 is 1.44 bits per heavy atom. The van der Waals surface area contributed by atoms with E-state index in [9.17, 15) is 14.9 Å². The minimum atomic E-state index is -0.651. The molecule has 1 aliphatic rings. The zero-order valence-corrected chi connectivity index (χ0v) is 18.9. The van der Waals surface area contributed by atoms with Crippen molar-refractivity contribution >= 4 is 29.3 Å². The average Bonchev–Trinajstić information content (AvgIpc) is 3.17. The van der Waals surface area contributed by atoms with Crippen LogP contribution in [0.15, 0.2) is 102 Å². The van der Waals surface area contributed by atoms with Crippen LogP contribution in [0, 0.1) is 11.3 Å². The molecule has 1 unspecified atom stereocenters. The van der Waals surface area contributed by atoms with Crippen LogP contribution in [0.1, 0.15) is 12.0 Å². The SMILES string of the molecule is N#Cc1c(-c2ccccc2)cc(-c2ccccc2)nc1SC1CC(=O)N(c2ccccc2)C1=O. The lowest BCUT2D eigenvalue weighted by Crippen LogP contribution is -2.31. The van der Waals surface area contributed by atoms with E-state index in [0.29, 0.717) is 22.0 Å². The molecule has 0 saturated carbocycles. The zero-order chi connectivity index (χ0) is 23.5. The molecule has 1 aromatic heterocycles. The van der Waals surface area contributed by atoms with Crippen LogP contribution < -0.4 is 4.90 Å². The molecule has 0 bridgehead atoms. The first kappa shape index (κ1) is 21.6. The fourth-order valence-corrected chi connectivity index (χ4v) is 5.12. The number of amides is 2. The summed E-state index contributed by atoms with van der Waals surface area (Å²) in [6, 6.07) is 32.5. The first-order valence-corrected chi connectivity index (χ1v) is 11.7. The highest BCUT2D eigenvalue weighted by atomic mass is 32.2. The van der Waals surface area contributed by atoms with Gasteiger partial charge in [-0.25, -0.2) is 9.88 Å². The molecule has 34 heavy (non-hydrogen) atoms. The Balaban J connectivity index is 1.58. The van der Waals surface area contributed by atoms with E-state index in [1.807, 2.05) is 72.8 Å². The lowest BCUT2D eigenvalue weighted by atomic mass is 9.99. The van der Waals surface area contributed by atoms with Gasteiger partial charge in [0.2, 0.25) is 11.8 Å². The molecule has 0 radical (unpaired) electrons. The summed E-state index contributed by atoms with van der Waals surface area (Å²) in [5, 5.41) is 9.88. The van der Waals surface area contributed by atoms with Crippen molar-refractivity contribution in [3.63, 3.8) is 0 Å². The maximum absolute atomic E-state index is 13.2. The highest BCUT2D eigenvalue weighted by molar-refractivity contribution is 8.00. The van der Waals surface area contributed by atoms with Crippen LogP contribution in [0.2, 0.25) is 0 Å². The second-order valence-electron chi connectivity index (χ2n) is 7.79. The molecule has 5 nitrogen and oxygen atoms in total. The van der Waals surface area contributed by atoms with Gasteiger partial charge >= 0.3 is 0 Å². The molecule has 1 aliphatic heterocycles. The predicted molar refractivity (Wildman–Crippen MR) is 133 cm³/mol. The molecule has 1 fully saturated rings. The Hall–Kier alpha value is -4.21. The molecular formula is C28H19N3O2S. The third kappa shape index (κ3) is 4.09. The Bertz CT molecular complexity index is 1400. The van der Waals surface area contributed by atoms with Gasteiger partial charge in [-0.3, -0.25) is 9.59 Å². The van der Waals surface area contributed by atoms with Crippen molar-refractivity contribution in [3.8, 4) is 28.5 Å². The fourth-order valence-electron chi connectivity index (χ4n) is 4.00. The zero-order valence-electron chi connectivity index (χ0n) is 18.1. The number of imide groups is 1. The summed E-state index contributed by atoms with van der Waals surface area (Å²) in [6.45, 7) is 0. The largest absolute Gasteiger partial charge is 0.274 e. The summed E-state index contributed by atoms with van der Waals surface area (Å²) in [5.74, 6) is -0.548. The molecule has 5 rings (SSSR count). The Labute approximate surface area is 201 Å². The number of nitriles is 1. The maximum Gasteiger partial charge on any atom is 0.247 e. The molecule has 164 valence electrons.